The minimum Gasteiger partial charge on any atom is -0.357 e. The van der Waals surface area contributed by atoms with E-state index in [9.17, 15) is 0 Å². The fraction of sp³-hybridized carbons (Fsp3) is 0.474. The number of rotatable bonds is 7. The molecule has 0 aliphatic rings. The summed E-state index contributed by atoms with van der Waals surface area (Å²) in [5, 5.41) is 11.0. The predicted octanol–water partition coefficient (Wildman–Crippen LogP) is 3.01. The van der Waals surface area contributed by atoms with Crippen molar-refractivity contribution in [2.45, 2.75) is 40.2 Å². The van der Waals surface area contributed by atoms with Crippen LogP contribution in [0.2, 0.25) is 0 Å². The van der Waals surface area contributed by atoms with Crippen molar-refractivity contribution in [1.29, 1.82) is 0 Å². The minimum absolute atomic E-state index is 0.399. The fourth-order valence-electron chi connectivity index (χ4n) is 2.24. The van der Waals surface area contributed by atoms with Gasteiger partial charge in [-0.3, -0.25) is 4.99 Å². The first-order valence-electron chi connectivity index (χ1n) is 8.74. The van der Waals surface area contributed by atoms with Crippen LogP contribution < -0.4 is 10.6 Å². The van der Waals surface area contributed by atoms with Gasteiger partial charge in [-0.05, 0) is 49.9 Å². The van der Waals surface area contributed by atoms with Gasteiger partial charge in [0.25, 0.3) is 0 Å². The molecule has 0 saturated heterocycles. The Kier molecular flexibility index (Phi) is 6.85. The van der Waals surface area contributed by atoms with Crippen LogP contribution in [0.3, 0.4) is 0 Å². The molecule has 1 heterocycles. The molecule has 5 heteroatoms. The van der Waals surface area contributed by atoms with Crippen LogP contribution in [0.4, 0.5) is 0 Å². The summed E-state index contributed by atoms with van der Waals surface area (Å²) < 4.78 is 1.86. The van der Waals surface area contributed by atoms with Crippen LogP contribution in [0.15, 0.2) is 47.7 Å². The lowest BCUT2D eigenvalue weighted by atomic mass is 10.1. The Morgan fingerprint density at radius 2 is 1.96 bits per heavy atom. The third-order valence-corrected chi connectivity index (χ3v) is 4.08. The van der Waals surface area contributed by atoms with Gasteiger partial charge in [-0.15, -0.1) is 0 Å². The summed E-state index contributed by atoms with van der Waals surface area (Å²) in [5.41, 5.74) is 2.36. The quantitative estimate of drug-likeness (QED) is 0.607. The van der Waals surface area contributed by atoms with E-state index in [1.165, 1.54) is 5.56 Å². The second-order valence-electron chi connectivity index (χ2n) is 6.30. The molecule has 0 aliphatic carbocycles. The third-order valence-electron chi connectivity index (χ3n) is 4.08. The van der Waals surface area contributed by atoms with Gasteiger partial charge in [0, 0.05) is 31.5 Å². The molecule has 1 aromatic heterocycles. The molecular weight excluding hydrogens is 298 g/mol. The van der Waals surface area contributed by atoms with Gasteiger partial charge in [0.1, 0.15) is 0 Å². The lowest BCUT2D eigenvalue weighted by Gasteiger charge is -2.20. The zero-order chi connectivity index (χ0) is 17.4. The van der Waals surface area contributed by atoms with E-state index in [0.29, 0.717) is 12.0 Å². The zero-order valence-corrected chi connectivity index (χ0v) is 15.2. The number of hydrogen-bond donors (Lipinski definition) is 2. The van der Waals surface area contributed by atoms with E-state index in [-0.39, 0.29) is 0 Å². The van der Waals surface area contributed by atoms with Crippen LogP contribution in [0.5, 0.6) is 0 Å². The molecule has 0 fully saturated rings. The van der Waals surface area contributed by atoms with Crippen LogP contribution in [0.1, 0.15) is 33.3 Å². The molecule has 5 nitrogen and oxygen atoms in total. The van der Waals surface area contributed by atoms with Crippen molar-refractivity contribution >= 4 is 5.96 Å². The van der Waals surface area contributed by atoms with E-state index in [0.717, 1.165) is 31.2 Å². The second kappa shape index (κ2) is 9.11. The van der Waals surface area contributed by atoms with E-state index in [1.54, 1.807) is 6.20 Å². The van der Waals surface area contributed by atoms with E-state index in [1.807, 2.05) is 16.9 Å². The highest BCUT2D eigenvalue weighted by Crippen LogP contribution is 2.09. The average Bonchev–Trinajstić information content (AvgIpc) is 3.10. The minimum atomic E-state index is 0.399. The number of nitrogens with one attached hydrogen (secondary N) is 2. The van der Waals surface area contributed by atoms with E-state index in [4.69, 9.17) is 0 Å². The van der Waals surface area contributed by atoms with Crippen molar-refractivity contribution < 1.29 is 0 Å². The number of aromatic nitrogens is 2. The standard InChI is InChI=1S/C19H29N5/c1-5-20-19(23-16(4)15(2)3)21-13-11-17-7-9-18(10-8-17)24-14-6-12-22-24/h6-10,12,14-16H,5,11,13H2,1-4H3,(H2,20,21,23). The third kappa shape index (κ3) is 5.41. The van der Waals surface area contributed by atoms with Gasteiger partial charge in [-0.1, -0.05) is 26.0 Å². The van der Waals surface area contributed by atoms with Crippen molar-refractivity contribution in [1.82, 2.24) is 20.4 Å². The first-order chi connectivity index (χ1) is 11.6. The first kappa shape index (κ1) is 18.0. The maximum absolute atomic E-state index is 4.68. The number of hydrogen-bond acceptors (Lipinski definition) is 2. The van der Waals surface area contributed by atoms with Crippen LogP contribution in [-0.4, -0.2) is 34.9 Å². The lowest BCUT2D eigenvalue weighted by molar-refractivity contribution is 0.481. The highest BCUT2D eigenvalue weighted by atomic mass is 15.3. The van der Waals surface area contributed by atoms with Crippen LogP contribution in [-0.2, 0) is 6.42 Å². The number of nitrogens with zero attached hydrogens (tertiary/aromatic N) is 3. The molecule has 0 radical (unpaired) electrons. The molecule has 2 aromatic rings. The fourth-order valence-corrected chi connectivity index (χ4v) is 2.24. The molecule has 2 N–H and O–H groups in total. The van der Waals surface area contributed by atoms with Gasteiger partial charge in [0.15, 0.2) is 5.96 Å². The number of aliphatic imine (C=N–C) groups is 1. The van der Waals surface area contributed by atoms with E-state index < -0.39 is 0 Å². The highest BCUT2D eigenvalue weighted by Gasteiger charge is 2.08. The first-order valence-corrected chi connectivity index (χ1v) is 8.74. The largest absolute Gasteiger partial charge is 0.357 e. The average molecular weight is 327 g/mol. The Hall–Kier alpha value is -2.30. The van der Waals surface area contributed by atoms with Gasteiger partial charge in [0.2, 0.25) is 0 Å². The molecule has 0 saturated carbocycles. The Labute approximate surface area is 145 Å². The Morgan fingerprint density at radius 1 is 1.21 bits per heavy atom. The van der Waals surface area contributed by atoms with E-state index in [2.05, 4.69) is 72.7 Å². The Morgan fingerprint density at radius 3 is 2.54 bits per heavy atom. The molecule has 1 aromatic carbocycles. The smallest absolute Gasteiger partial charge is 0.191 e. The Bertz CT molecular complexity index is 614. The van der Waals surface area contributed by atoms with Crippen LogP contribution in [0, 0.1) is 5.92 Å². The predicted molar refractivity (Wildman–Crippen MR) is 101 cm³/mol. The summed E-state index contributed by atoms with van der Waals surface area (Å²) in [6.07, 6.45) is 4.66. The topological polar surface area (TPSA) is 54.2 Å². The molecule has 1 unspecified atom stereocenters. The van der Waals surface area contributed by atoms with E-state index >= 15 is 0 Å². The van der Waals surface area contributed by atoms with Crippen molar-refractivity contribution in [3.05, 3.63) is 48.3 Å². The SMILES string of the molecule is CCNC(=NCCc1ccc(-n2cccn2)cc1)NC(C)C(C)C. The maximum Gasteiger partial charge on any atom is 0.191 e. The molecule has 24 heavy (non-hydrogen) atoms. The molecular formula is C19H29N5. The summed E-state index contributed by atoms with van der Waals surface area (Å²) >= 11 is 0. The molecule has 1 atom stereocenters. The Balaban J connectivity index is 1.90. The van der Waals surface area contributed by atoms with Crippen molar-refractivity contribution in [3.8, 4) is 5.69 Å². The van der Waals surface area contributed by atoms with Crippen molar-refractivity contribution in [2.75, 3.05) is 13.1 Å². The van der Waals surface area contributed by atoms with Gasteiger partial charge < -0.3 is 10.6 Å². The highest BCUT2D eigenvalue weighted by molar-refractivity contribution is 5.80. The molecule has 0 amide bonds. The van der Waals surface area contributed by atoms with Crippen LogP contribution in [0.25, 0.3) is 5.69 Å². The van der Waals surface area contributed by atoms with Gasteiger partial charge in [-0.25, -0.2) is 4.68 Å². The lowest BCUT2D eigenvalue weighted by Crippen LogP contribution is -2.44. The normalized spacial score (nSPS) is 13.1. The summed E-state index contributed by atoms with van der Waals surface area (Å²) in [6, 6.07) is 10.8. The van der Waals surface area contributed by atoms with Crippen LogP contribution >= 0.6 is 0 Å². The maximum atomic E-state index is 4.68. The molecule has 0 spiro atoms. The van der Waals surface area contributed by atoms with Crippen molar-refractivity contribution in [2.24, 2.45) is 10.9 Å². The summed E-state index contributed by atoms with van der Waals surface area (Å²) in [7, 11) is 0. The number of benzene rings is 1. The summed E-state index contributed by atoms with van der Waals surface area (Å²) in [4.78, 5) is 4.68. The molecule has 130 valence electrons. The van der Waals surface area contributed by atoms with Crippen molar-refractivity contribution in [3.63, 3.8) is 0 Å². The zero-order valence-electron chi connectivity index (χ0n) is 15.2. The number of guanidine groups is 1. The van der Waals surface area contributed by atoms with Gasteiger partial charge in [0.05, 0.1) is 5.69 Å². The summed E-state index contributed by atoms with van der Waals surface area (Å²) in [6.45, 7) is 10.3. The molecule has 0 aliphatic heterocycles. The summed E-state index contributed by atoms with van der Waals surface area (Å²) in [5.74, 6) is 1.47. The molecule has 0 bridgehead atoms. The molecule has 2 rings (SSSR count). The van der Waals surface area contributed by atoms with Gasteiger partial charge >= 0.3 is 0 Å². The van der Waals surface area contributed by atoms with Gasteiger partial charge in [-0.2, -0.15) is 5.10 Å². The second-order valence-corrected chi connectivity index (χ2v) is 6.30. The monoisotopic (exact) mass is 327 g/mol.